The number of thiocarbonyl (C=S) groups is 1. The molecule has 4 atom stereocenters. The average molecular weight is 1110 g/mol. The van der Waals surface area contributed by atoms with Gasteiger partial charge in [-0.3, -0.25) is 58.0 Å². The van der Waals surface area contributed by atoms with Gasteiger partial charge in [-0.05, 0) is 81.3 Å². The molecule has 1 heterocycles. The molecule has 77 heavy (non-hydrogen) atoms. The van der Waals surface area contributed by atoms with E-state index in [4.69, 9.17) is 17.3 Å². The van der Waals surface area contributed by atoms with Gasteiger partial charge in [0.05, 0.1) is 26.2 Å². The number of hydrogen-bond acceptors (Lipinski definition) is 16. The number of unbranched alkanes of at least 4 members (excludes halogenated alkanes) is 3. The SMILES string of the molecule is O=C(O)CC[C@H](NC(=O)N[C@@H](CCCCNC(=O)[C@H](CCC(=O)O)NC(=O)CCCCCNC(=S)Nc1ccc(CC2CN(CC(=O)O)CCN(CC(=O)O)CCN(CC(=O)O)CCN2CC(=O)O)cc1)C(=O)O)C(=O)O. The molecule has 0 saturated carbocycles. The van der Waals surface area contributed by atoms with Crippen LogP contribution in [0.25, 0.3) is 0 Å². The molecular formula is C47H72N10O19S. The second kappa shape index (κ2) is 35.9. The van der Waals surface area contributed by atoms with Gasteiger partial charge < -0.3 is 72.8 Å². The molecule has 1 aromatic rings. The topological polar surface area (TPSA) is 435 Å². The standard InChI is InChI=1S/C47H72N10O19S/c58-36(51-33(12-14-37(59)60)43(71)48-16-5-3-6-34(44(72)73)52-46(76)53-35(45(74)75)13-15-38(61)62)7-2-1-4-17-49-47(77)50-31-10-8-30(9-11-31)24-32-25-56(28-41(67)68)21-20-54(26-39(63)64)18-19-55(27-40(65)66)22-23-57(32)29-42(69)70/h8-11,32-35H,1-7,12-29H2,(H,48,71)(H,51,58)(H,59,60)(H,61,62)(H,63,64)(H,65,66)(H,67,68)(H,69,70)(H,72,73)(H,74,75)(H2,49,50,77)(H2,52,53,76)/t32?,33-,34-,35-/m0/s1. The van der Waals surface area contributed by atoms with Crippen LogP contribution in [-0.4, -0.2) is 240 Å². The quantitative estimate of drug-likeness (QED) is 0.0282. The summed E-state index contributed by atoms with van der Waals surface area (Å²) in [6.07, 6.45) is 0.525. The smallest absolute Gasteiger partial charge is 0.326 e. The third-order valence-corrected chi connectivity index (χ3v) is 12.2. The van der Waals surface area contributed by atoms with Crippen molar-refractivity contribution in [2.45, 2.75) is 101 Å². The molecule has 30 heteroatoms. The number of carboxylic acid groups (broad SMARTS) is 8. The van der Waals surface area contributed by atoms with Gasteiger partial charge >= 0.3 is 53.8 Å². The molecule has 1 saturated heterocycles. The molecule has 1 aliphatic rings. The maximum absolute atomic E-state index is 13.0. The van der Waals surface area contributed by atoms with Crippen molar-refractivity contribution < 1.29 is 93.6 Å². The molecule has 1 fully saturated rings. The monoisotopic (exact) mass is 1110 g/mol. The van der Waals surface area contributed by atoms with E-state index in [1.165, 1.54) is 0 Å². The fraction of sp³-hybridized carbons (Fsp3) is 0.617. The van der Waals surface area contributed by atoms with Crippen LogP contribution in [-0.2, 0) is 54.4 Å². The highest BCUT2D eigenvalue weighted by molar-refractivity contribution is 7.80. The first kappa shape index (κ1) is 65.8. The van der Waals surface area contributed by atoms with Gasteiger partial charge in [-0.1, -0.05) is 18.6 Å². The molecule has 0 aliphatic carbocycles. The number of anilines is 1. The Morgan fingerprint density at radius 2 is 0.987 bits per heavy atom. The van der Waals surface area contributed by atoms with Crippen LogP contribution in [0, 0.1) is 0 Å². The van der Waals surface area contributed by atoms with Crippen molar-refractivity contribution in [3.05, 3.63) is 29.8 Å². The van der Waals surface area contributed by atoms with E-state index >= 15 is 0 Å². The van der Waals surface area contributed by atoms with Gasteiger partial charge in [0.25, 0.3) is 0 Å². The molecule has 0 aromatic heterocycles. The number of nitrogens with one attached hydrogen (secondary N) is 6. The van der Waals surface area contributed by atoms with Crippen molar-refractivity contribution in [1.82, 2.24) is 46.2 Å². The summed E-state index contributed by atoms with van der Waals surface area (Å²) in [6, 6.07) is 1.24. The Hall–Kier alpha value is -7.28. The third-order valence-electron chi connectivity index (χ3n) is 12.0. The van der Waals surface area contributed by atoms with Crippen molar-refractivity contribution in [1.29, 1.82) is 0 Å². The normalized spacial score (nSPS) is 16.1. The first-order valence-corrected chi connectivity index (χ1v) is 25.3. The van der Waals surface area contributed by atoms with E-state index in [9.17, 15) is 88.5 Å². The minimum atomic E-state index is -1.57. The minimum Gasteiger partial charge on any atom is -0.481 e. The number of carbonyl (C=O) groups is 11. The summed E-state index contributed by atoms with van der Waals surface area (Å²) in [7, 11) is 0. The zero-order valence-electron chi connectivity index (χ0n) is 42.6. The molecule has 1 unspecified atom stereocenters. The molecule has 14 N–H and O–H groups in total. The van der Waals surface area contributed by atoms with Gasteiger partial charge in [0.1, 0.15) is 18.1 Å². The van der Waals surface area contributed by atoms with Crippen LogP contribution in [0.4, 0.5) is 10.5 Å². The summed E-state index contributed by atoms with van der Waals surface area (Å²) in [5.74, 6) is -11.0. The second-order valence-electron chi connectivity index (χ2n) is 18.3. The number of carboxylic acids is 8. The largest absolute Gasteiger partial charge is 0.481 e. The molecule has 0 radical (unpaired) electrons. The summed E-state index contributed by atoms with van der Waals surface area (Å²) in [5, 5.41) is 91.2. The first-order valence-electron chi connectivity index (χ1n) is 24.9. The number of carbonyl (C=O) groups excluding carboxylic acids is 3. The number of nitrogens with zero attached hydrogens (tertiary/aromatic N) is 4. The highest BCUT2D eigenvalue weighted by atomic mass is 32.1. The van der Waals surface area contributed by atoms with Crippen LogP contribution in [0.1, 0.15) is 76.2 Å². The highest BCUT2D eigenvalue weighted by Gasteiger charge is 2.29. The summed E-state index contributed by atoms with van der Waals surface area (Å²) in [4.78, 5) is 137. The Kier molecular flexibility index (Phi) is 30.7. The Morgan fingerprint density at radius 1 is 0.506 bits per heavy atom. The summed E-state index contributed by atoms with van der Waals surface area (Å²) in [6.45, 7) is 0.0568. The van der Waals surface area contributed by atoms with Gasteiger partial charge in [0.2, 0.25) is 11.8 Å². The molecular weight excluding hydrogens is 1040 g/mol. The van der Waals surface area contributed by atoms with Crippen LogP contribution in [0.5, 0.6) is 0 Å². The number of benzene rings is 1. The van der Waals surface area contributed by atoms with Gasteiger partial charge in [0.15, 0.2) is 5.11 Å². The van der Waals surface area contributed by atoms with Crippen molar-refractivity contribution in [3.63, 3.8) is 0 Å². The van der Waals surface area contributed by atoms with E-state index in [1.54, 1.807) is 43.9 Å². The molecule has 1 aliphatic heterocycles. The van der Waals surface area contributed by atoms with E-state index in [0.717, 1.165) is 5.56 Å². The summed E-state index contributed by atoms with van der Waals surface area (Å²) >= 11 is 5.46. The van der Waals surface area contributed by atoms with Crippen molar-refractivity contribution in [2.75, 3.05) is 90.4 Å². The molecule has 4 amide bonds. The average Bonchev–Trinajstić information content (AvgIpc) is 3.33. The van der Waals surface area contributed by atoms with E-state index in [2.05, 4.69) is 26.6 Å². The first-order chi connectivity index (χ1) is 36.4. The van der Waals surface area contributed by atoms with Gasteiger partial charge in [0, 0.05) is 89.9 Å². The zero-order valence-corrected chi connectivity index (χ0v) is 43.4. The van der Waals surface area contributed by atoms with E-state index in [0.29, 0.717) is 36.6 Å². The number of urea groups is 1. The summed E-state index contributed by atoms with van der Waals surface area (Å²) < 4.78 is 0. The van der Waals surface area contributed by atoms with Crippen molar-refractivity contribution in [2.24, 2.45) is 0 Å². The Balaban J connectivity index is 1.90. The van der Waals surface area contributed by atoms with Crippen molar-refractivity contribution in [3.8, 4) is 0 Å². The van der Waals surface area contributed by atoms with Crippen LogP contribution >= 0.6 is 12.2 Å². The number of aliphatic carboxylic acids is 8. The molecule has 1 aromatic carbocycles. The fourth-order valence-corrected chi connectivity index (χ4v) is 8.29. The Bertz CT molecular complexity index is 2170. The lowest BCUT2D eigenvalue weighted by Crippen LogP contribution is -2.53. The van der Waals surface area contributed by atoms with Gasteiger partial charge in [-0.15, -0.1) is 0 Å². The van der Waals surface area contributed by atoms with E-state index < -0.39 is 116 Å². The highest BCUT2D eigenvalue weighted by Crippen LogP contribution is 2.17. The number of rotatable bonds is 34. The maximum Gasteiger partial charge on any atom is 0.326 e. The van der Waals surface area contributed by atoms with Gasteiger partial charge in [-0.25, -0.2) is 14.4 Å². The molecule has 29 nitrogen and oxygen atoms in total. The summed E-state index contributed by atoms with van der Waals surface area (Å²) in [5.41, 5.74) is 1.40. The predicted molar refractivity (Wildman–Crippen MR) is 275 cm³/mol. The third kappa shape index (κ3) is 30.2. The van der Waals surface area contributed by atoms with Gasteiger partial charge in [-0.2, -0.15) is 0 Å². The van der Waals surface area contributed by atoms with Crippen LogP contribution < -0.4 is 31.9 Å². The lowest BCUT2D eigenvalue weighted by Gasteiger charge is -2.37. The Labute approximate surface area is 448 Å². The van der Waals surface area contributed by atoms with E-state index in [1.807, 2.05) is 5.32 Å². The zero-order chi connectivity index (χ0) is 57.5. The van der Waals surface area contributed by atoms with Crippen LogP contribution in [0.2, 0.25) is 0 Å². The second-order valence-corrected chi connectivity index (χ2v) is 18.7. The fourth-order valence-electron chi connectivity index (χ4n) is 8.07. The number of amides is 4. The molecule has 430 valence electrons. The predicted octanol–water partition coefficient (Wildman–Crippen LogP) is -1.29. The molecule has 0 spiro atoms. The van der Waals surface area contributed by atoms with Crippen LogP contribution in [0.15, 0.2) is 24.3 Å². The molecule has 2 rings (SSSR count). The minimum absolute atomic E-state index is 0.00721. The van der Waals surface area contributed by atoms with E-state index in [-0.39, 0.29) is 111 Å². The Morgan fingerprint density at radius 3 is 1.52 bits per heavy atom. The lowest BCUT2D eigenvalue weighted by molar-refractivity contribution is -0.142. The maximum atomic E-state index is 13.0. The van der Waals surface area contributed by atoms with Crippen molar-refractivity contribution >= 4 is 88.6 Å². The lowest BCUT2D eigenvalue weighted by atomic mass is 10.0. The van der Waals surface area contributed by atoms with Crippen LogP contribution in [0.3, 0.4) is 0 Å². The number of hydrogen-bond donors (Lipinski definition) is 14. The molecule has 0 bridgehead atoms.